The van der Waals surface area contributed by atoms with Crippen LogP contribution >= 0.6 is 0 Å². The number of nitrogens with zero attached hydrogens (tertiary/aromatic N) is 1. The van der Waals surface area contributed by atoms with Crippen molar-refractivity contribution in [1.82, 2.24) is 4.90 Å². The molecule has 10 heavy (non-hydrogen) atoms. The van der Waals surface area contributed by atoms with E-state index in [4.69, 9.17) is 0 Å². The molecular formula is C9H20N. The summed E-state index contributed by atoms with van der Waals surface area (Å²) in [5.74, 6) is 0. The Labute approximate surface area is 65.4 Å². The van der Waals surface area contributed by atoms with Crippen molar-refractivity contribution in [3.63, 3.8) is 0 Å². The molecule has 0 rings (SSSR count). The molecule has 0 aromatic rings. The van der Waals surface area contributed by atoms with Crippen LogP contribution in [0.4, 0.5) is 0 Å². The van der Waals surface area contributed by atoms with E-state index < -0.39 is 0 Å². The molecule has 0 atom stereocenters. The summed E-state index contributed by atoms with van der Waals surface area (Å²) in [6.07, 6.45) is 0. The maximum atomic E-state index is 2.29. The highest BCUT2D eigenvalue weighted by molar-refractivity contribution is 4.94. The van der Waals surface area contributed by atoms with Crippen LogP contribution < -0.4 is 0 Å². The normalized spacial score (nSPS) is 13.2. The Balaban J connectivity index is 3.94. The van der Waals surface area contributed by atoms with Gasteiger partial charge in [0.25, 0.3) is 0 Å². The summed E-state index contributed by atoms with van der Waals surface area (Å²) in [6.45, 7) is 12.2. The molecule has 0 amide bonds. The molecule has 0 aromatic carbocycles. The van der Waals surface area contributed by atoms with E-state index in [0.29, 0.717) is 5.41 Å². The van der Waals surface area contributed by atoms with E-state index in [1.807, 2.05) is 0 Å². The summed E-state index contributed by atoms with van der Waals surface area (Å²) in [7, 11) is 2.14. The van der Waals surface area contributed by atoms with Gasteiger partial charge in [-0.25, -0.2) is 0 Å². The van der Waals surface area contributed by atoms with Crippen LogP contribution in [0, 0.1) is 11.5 Å². The number of hydrogen-bond acceptors (Lipinski definition) is 1. The quantitative estimate of drug-likeness (QED) is 0.572. The zero-order valence-corrected chi connectivity index (χ0v) is 8.15. The molecule has 0 aliphatic carbocycles. The van der Waals surface area contributed by atoms with Gasteiger partial charge in [0.15, 0.2) is 0 Å². The van der Waals surface area contributed by atoms with Crippen LogP contribution in [0.1, 0.15) is 34.6 Å². The predicted octanol–water partition coefficient (Wildman–Crippen LogP) is 2.54. The maximum Gasteiger partial charge on any atom is 0.0412 e. The molecule has 61 valence electrons. The highest BCUT2D eigenvalue weighted by Crippen LogP contribution is 2.28. The monoisotopic (exact) mass is 142 g/mol. The van der Waals surface area contributed by atoms with Gasteiger partial charge in [0.2, 0.25) is 0 Å². The third-order valence-electron chi connectivity index (χ3n) is 2.13. The van der Waals surface area contributed by atoms with Crippen molar-refractivity contribution in [3.8, 4) is 0 Å². The van der Waals surface area contributed by atoms with E-state index in [1.54, 1.807) is 0 Å². The van der Waals surface area contributed by atoms with Crippen LogP contribution in [0.15, 0.2) is 0 Å². The lowest BCUT2D eigenvalue weighted by Gasteiger charge is -2.33. The molecule has 0 spiro atoms. The molecule has 0 aliphatic rings. The fourth-order valence-corrected chi connectivity index (χ4v) is 0.810. The molecule has 1 heteroatoms. The molecule has 1 nitrogen and oxygen atoms in total. The first kappa shape index (κ1) is 9.96. The van der Waals surface area contributed by atoms with E-state index in [2.05, 4.69) is 46.6 Å². The molecule has 0 saturated carbocycles. The van der Waals surface area contributed by atoms with Crippen molar-refractivity contribution >= 4 is 0 Å². The Hall–Kier alpha value is -0.0400. The van der Waals surface area contributed by atoms with Crippen LogP contribution in [0.25, 0.3) is 0 Å². The van der Waals surface area contributed by atoms with Crippen molar-refractivity contribution in [2.75, 3.05) is 13.6 Å². The van der Waals surface area contributed by atoms with Gasteiger partial charge in [0.05, 0.1) is 0 Å². The molecule has 0 saturated heterocycles. The summed E-state index contributed by atoms with van der Waals surface area (Å²) < 4.78 is 0. The third-order valence-corrected chi connectivity index (χ3v) is 2.13. The van der Waals surface area contributed by atoms with E-state index in [1.165, 1.54) is 6.04 Å². The predicted molar refractivity (Wildman–Crippen MR) is 46.7 cm³/mol. The first-order valence-corrected chi connectivity index (χ1v) is 3.94. The molecule has 0 heterocycles. The summed E-state index contributed by atoms with van der Waals surface area (Å²) in [5.41, 5.74) is 0.324. The van der Waals surface area contributed by atoms with E-state index in [-0.39, 0.29) is 0 Å². The van der Waals surface area contributed by atoms with Gasteiger partial charge in [-0.1, -0.05) is 27.7 Å². The van der Waals surface area contributed by atoms with Gasteiger partial charge in [-0.2, -0.15) is 0 Å². The van der Waals surface area contributed by atoms with Gasteiger partial charge in [0, 0.05) is 6.04 Å². The van der Waals surface area contributed by atoms with Gasteiger partial charge >= 0.3 is 0 Å². The second kappa shape index (κ2) is 3.38. The van der Waals surface area contributed by atoms with Crippen molar-refractivity contribution in [2.24, 2.45) is 5.41 Å². The summed E-state index contributed by atoms with van der Waals surface area (Å²) in [4.78, 5) is 2.29. The van der Waals surface area contributed by atoms with E-state index in [0.717, 1.165) is 6.54 Å². The summed E-state index contributed by atoms with van der Waals surface area (Å²) in [5, 5.41) is 0. The average molecular weight is 142 g/mol. The fraction of sp³-hybridized carbons (Fsp3) is 0.889. The summed E-state index contributed by atoms with van der Waals surface area (Å²) >= 11 is 0. The Morgan fingerprint density at radius 3 is 1.80 bits per heavy atom. The zero-order valence-electron chi connectivity index (χ0n) is 8.15. The lowest BCUT2D eigenvalue weighted by molar-refractivity contribution is 0.244. The van der Waals surface area contributed by atoms with Gasteiger partial charge in [-0.15, -0.1) is 0 Å². The Kier molecular flexibility index (Phi) is 3.37. The minimum atomic E-state index is 0.324. The molecule has 1 radical (unpaired) electrons. The molecule has 0 aromatic heterocycles. The topological polar surface area (TPSA) is 3.24 Å². The number of rotatable bonds is 2. The van der Waals surface area contributed by atoms with Crippen molar-refractivity contribution < 1.29 is 0 Å². The SMILES string of the molecule is CCN(C)[C](C)C(C)(C)C. The first-order valence-electron chi connectivity index (χ1n) is 3.94. The molecule has 0 bridgehead atoms. The van der Waals surface area contributed by atoms with Gasteiger partial charge in [-0.05, 0) is 25.9 Å². The Morgan fingerprint density at radius 1 is 1.30 bits per heavy atom. The molecule has 0 unspecified atom stereocenters. The van der Waals surface area contributed by atoms with Crippen LogP contribution in [0.3, 0.4) is 0 Å². The Morgan fingerprint density at radius 2 is 1.70 bits per heavy atom. The zero-order chi connectivity index (χ0) is 8.36. The molecule has 0 fully saturated rings. The fourth-order valence-electron chi connectivity index (χ4n) is 0.810. The smallest absolute Gasteiger partial charge is 0.0412 e. The largest absolute Gasteiger partial charge is 0.299 e. The highest BCUT2D eigenvalue weighted by Gasteiger charge is 2.23. The maximum absolute atomic E-state index is 2.29. The Bertz CT molecular complexity index is 91.4. The lowest BCUT2D eigenvalue weighted by atomic mass is 9.87. The van der Waals surface area contributed by atoms with Crippen LogP contribution in [0.2, 0.25) is 0 Å². The first-order chi connectivity index (χ1) is 4.39. The van der Waals surface area contributed by atoms with E-state index in [9.17, 15) is 0 Å². The van der Waals surface area contributed by atoms with Crippen molar-refractivity contribution in [1.29, 1.82) is 0 Å². The minimum Gasteiger partial charge on any atom is -0.299 e. The van der Waals surface area contributed by atoms with Crippen LogP contribution in [0.5, 0.6) is 0 Å². The molecule has 0 N–H and O–H groups in total. The van der Waals surface area contributed by atoms with E-state index >= 15 is 0 Å². The van der Waals surface area contributed by atoms with Gasteiger partial charge in [-0.3, -0.25) is 4.90 Å². The van der Waals surface area contributed by atoms with Gasteiger partial charge in [0.1, 0.15) is 0 Å². The second-order valence-electron chi connectivity index (χ2n) is 3.85. The van der Waals surface area contributed by atoms with Crippen LogP contribution in [-0.4, -0.2) is 18.5 Å². The highest BCUT2D eigenvalue weighted by atomic mass is 15.1. The number of hydrogen-bond donors (Lipinski definition) is 0. The van der Waals surface area contributed by atoms with Crippen molar-refractivity contribution in [2.45, 2.75) is 34.6 Å². The van der Waals surface area contributed by atoms with Gasteiger partial charge < -0.3 is 0 Å². The van der Waals surface area contributed by atoms with Crippen molar-refractivity contribution in [3.05, 3.63) is 6.04 Å². The molecular weight excluding hydrogens is 122 g/mol. The third kappa shape index (κ3) is 2.70. The summed E-state index contributed by atoms with van der Waals surface area (Å²) in [6, 6.07) is 1.45. The molecule has 0 aliphatic heterocycles. The lowest BCUT2D eigenvalue weighted by Crippen LogP contribution is -2.31. The average Bonchev–Trinajstić information content (AvgIpc) is 1.83. The standard InChI is InChI=1S/C9H20N/c1-7-10(6)8(2)9(3,4)5/h7H2,1-6H3. The van der Waals surface area contributed by atoms with Crippen LogP contribution in [-0.2, 0) is 0 Å². The second-order valence-corrected chi connectivity index (χ2v) is 3.85. The minimum absolute atomic E-state index is 0.324.